The first-order valence-corrected chi connectivity index (χ1v) is 15.0. The van der Waals surface area contributed by atoms with E-state index >= 15 is 0 Å². The molecule has 5 rings (SSSR count). The SMILES string of the molecule is C#Cc1cccc(CCCC2CCN(CC3CN(C(CC4CCC4)C(=O)O)CC3c3cccc(F)c3)CC2)c1. The molecule has 3 fully saturated rings. The Morgan fingerprint density at radius 1 is 1.05 bits per heavy atom. The maximum atomic E-state index is 14.2. The fourth-order valence-corrected chi connectivity index (χ4v) is 7.11. The largest absolute Gasteiger partial charge is 0.480 e. The average molecular weight is 531 g/mol. The van der Waals surface area contributed by atoms with Gasteiger partial charge in [-0.05, 0) is 98.3 Å². The van der Waals surface area contributed by atoms with E-state index in [1.165, 1.54) is 43.7 Å². The van der Waals surface area contributed by atoms with E-state index in [0.717, 1.165) is 68.9 Å². The molecule has 2 saturated heterocycles. The van der Waals surface area contributed by atoms with Crippen LogP contribution in [0.2, 0.25) is 0 Å². The van der Waals surface area contributed by atoms with Gasteiger partial charge in [0, 0.05) is 31.1 Å². The van der Waals surface area contributed by atoms with Crippen LogP contribution in [0.3, 0.4) is 0 Å². The van der Waals surface area contributed by atoms with Gasteiger partial charge in [0.25, 0.3) is 0 Å². The Labute approximate surface area is 233 Å². The molecule has 1 aliphatic carbocycles. The number of aryl methyl sites for hydroxylation is 1. The molecule has 4 nitrogen and oxygen atoms in total. The van der Waals surface area contributed by atoms with Crippen LogP contribution in [-0.4, -0.2) is 59.6 Å². The van der Waals surface area contributed by atoms with E-state index in [-0.39, 0.29) is 11.7 Å². The minimum Gasteiger partial charge on any atom is -0.480 e. The van der Waals surface area contributed by atoms with E-state index < -0.39 is 12.0 Å². The van der Waals surface area contributed by atoms with Crippen LogP contribution in [0, 0.1) is 35.9 Å². The summed E-state index contributed by atoms with van der Waals surface area (Å²) in [6.07, 6.45) is 15.8. The topological polar surface area (TPSA) is 43.8 Å². The lowest BCUT2D eigenvalue weighted by Crippen LogP contribution is -2.43. The van der Waals surface area contributed by atoms with Crippen molar-refractivity contribution < 1.29 is 14.3 Å². The predicted molar refractivity (Wildman–Crippen MR) is 154 cm³/mol. The molecule has 3 aliphatic rings. The molecule has 1 saturated carbocycles. The van der Waals surface area contributed by atoms with E-state index in [1.807, 2.05) is 12.1 Å². The molecule has 2 heterocycles. The Balaban J connectivity index is 1.16. The first kappa shape index (κ1) is 27.9. The van der Waals surface area contributed by atoms with Crippen LogP contribution < -0.4 is 0 Å². The molecule has 208 valence electrons. The number of likely N-dealkylation sites (tertiary alicyclic amines) is 2. The molecule has 2 aliphatic heterocycles. The summed E-state index contributed by atoms with van der Waals surface area (Å²) in [5, 5.41) is 10.1. The molecular formula is C34H43FN2O2. The number of nitrogens with zero attached hydrogens (tertiary/aromatic N) is 2. The third kappa shape index (κ3) is 7.29. The van der Waals surface area contributed by atoms with Gasteiger partial charge in [0.05, 0.1) is 0 Å². The molecule has 39 heavy (non-hydrogen) atoms. The molecule has 5 heteroatoms. The number of carboxylic acids is 1. The zero-order chi connectivity index (χ0) is 27.2. The van der Waals surface area contributed by atoms with Crippen molar-refractivity contribution in [3.8, 4) is 12.3 Å². The molecule has 2 aromatic rings. The molecule has 1 N–H and O–H groups in total. The van der Waals surface area contributed by atoms with Crippen LogP contribution in [-0.2, 0) is 11.2 Å². The van der Waals surface area contributed by atoms with Gasteiger partial charge in [-0.25, -0.2) is 4.39 Å². The Morgan fingerprint density at radius 2 is 1.85 bits per heavy atom. The Bertz CT molecular complexity index is 1150. The summed E-state index contributed by atoms with van der Waals surface area (Å²) in [7, 11) is 0. The van der Waals surface area contributed by atoms with Crippen molar-refractivity contribution in [2.75, 3.05) is 32.7 Å². The summed E-state index contributed by atoms with van der Waals surface area (Å²) in [6, 6.07) is 14.9. The van der Waals surface area contributed by atoms with E-state index in [9.17, 15) is 14.3 Å². The number of hydrogen-bond donors (Lipinski definition) is 1. The molecule has 2 aromatic carbocycles. The van der Waals surface area contributed by atoms with Crippen LogP contribution in [0.25, 0.3) is 0 Å². The zero-order valence-corrected chi connectivity index (χ0v) is 23.1. The lowest BCUT2D eigenvalue weighted by Gasteiger charge is -2.35. The normalized spacial score (nSPS) is 23.8. The van der Waals surface area contributed by atoms with Gasteiger partial charge in [-0.1, -0.05) is 55.9 Å². The summed E-state index contributed by atoms with van der Waals surface area (Å²) in [6.45, 7) is 4.62. The third-order valence-corrected chi connectivity index (χ3v) is 9.62. The molecule has 3 atom stereocenters. The number of halogens is 1. The van der Waals surface area contributed by atoms with Crippen molar-refractivity contribution in [3.05, 3.63) is 71.0 Å². The average Bonchev–Trinajstić information content (AvgIpc) is 3.32. The van der Waals surface area contributed by atoms with Crippen LogP contribution in [0.4, 0.5) is 4.39 Å². The Morgan fingerprint density at radius 3 is 2.54 bits per heavy atom. The molecule has 0 bridgehead atoms. The van der Waals surface area contributed by atoms with Crippen molar-refractivity contribution in [3.63, 3.8) is 0 Å². The molecule has 3 unspecified atom stereocenters. The van der Waals surface area contributed by atoms with Crippen molar-refractivity contribution in [2.24, 2.45) is 17.8 Å². The highest BCUT2D eigenvalue weighted by Crippen LogP contribution is 2.38. The second kappa shape index (κ2) is 13.1. The van der Waals surface area contributed by atoms with E-state index in [1.54, 1.807) is 12.1 Å². The first-order valence-electron chi connectivity index (χ1n) is 15.0. The Hall–Kier alpha value is -2.68. The van der Waals surface area contributed by atoms with E-state index in [2.05, 4.69) is 33.9 Å². The summed E-state index contributed by atoms with van der Waals surface area (Å²) in [5.74, 6) is 3.60. The van der Waals surface area contributed by atoms with Crippen molar-refractivity contribution in [1.82, 2.24) is 9.80 Å². The van der Waals surface area contributed by atoms with Gasteiger partial charge in [0.2, 0.25) is 0 Å². The van der Waals surface area contributed by atoms with Gasteiger partial charge in [0.1, 0.15) is 11.9 Å². The third-order valence-electron chi connectivity index (χ3n) is 9.62. The number of benzene rings is 2. The fraction of sp³-hybridized carbons (Fsp3) is 0.559. The standard InChI is InChI=1S/C34H43FN2O2/c1-2-25-7-3-9-27(19-25)10-4-8-26-15-17-36(18-16-26)22-30-23-37(33(34(38)39)20-28-11-5-12-28)24-32(30)29-13-6-14-31(35)21-29/h1,3,6-7,9,13-14,19,21,26,28,30,32-33H,4-5,8,10-12,15-18,20,22-24H2,(H,38,39). The first-order chi connectivity index (χ1) is 19.0. The summed E-state index contributed by atoms with van der Waals surface area (Å²) >= 11 is 0. The van der Waals surface area contributed by atoms with Crippen molar-refractivity contribution in [1.29, 1.82) is 0 Å². The van der Waals surface area contributed by atoms with Crippen molar-refractivity contribution >= 4 is 5.97 Å². The van der Waals surface area contributed by atoms with Gasteiger partial charge in [-0.15, -0.1) is 6.42 Å². The number of piperidine rings is 1. The summed E-state index contributed by atoms with van der Waals surface area (Å²) in [4.78, 5) is 17.1. The van der Waals surface area contributed by atoms with Gasteiger partial charge in [-0.3, -0.25) is 9.69 Å². The molecule has 0 amide bonds. The minimum atomic E-state index is -0.702. The van der Waals surface area contributed by atoms with Crippen LogP contribution in [0.5, 0.6) is 0 Å². The number of carbonyl (C=O) groups is 1. The second-order valence-corrected chi connectivity index (χ2v) is 12.2. The van der Waals surface area contributed by atoms with Crippen LogP contribution in [0.1, 0.15) is 74.0 Å². The van der Waals surface area contributed by atoms with Crippen LogP contribution in [0.15, 0.2) is 48.5 Å². The number of aliphatic carboxylic acids is 1. The van der Waals surface area contributed by atoms with Crippen LogP contribution >= 0.6 is 0 Å². The fourth-order valence-electron chi connectivity index (χ4n) is 7.11. The molecule has 0 radical (unpaired) electrons. The zero-order valence-electron chi connectivity index (χ0n) is 23.1. The molecule has 0 spiro atoms. The Kier molecular flexibility index (Phi) is 9.37. The number of carboxylic acid groups (broad SMARTS) is 1. The molecular weight excluding hydrogens is 487 g/mol. The highest BCUT2D eigenvalue weighted by atomic mass is 19.1. The smallest absolute Gasteiger partial charge is 0.320 e. The maximum absolute atomic E-state index is 14.2. The monoisotopic (exact) mass is 530 g/mol. The highest BCUT2D eigenvalue weighted by molar-refractivity contribution is 5.73. The van der Waals surface area contributed by atoms with Gasteiger partial charge in [0.15, 0.2) is 0 Å². The predicted octanol–water partition coefficient (Wildman–Crippen LogP) is 6.20. The second-order valence-electron chi connectivity index (χ2n) is 12.2. The number of hydrogen-bond acceptors (Lipinski definition) is 3. The van der Waals surface area contributed by atoms with Gasteiger partial charge < -0.3 is 10.0 Å². The quantitative estimate of drug-likeness (QED) is 0.351. The minimum absolute atomic E-state index is 0.167. The molecule has 0 aromatic heterocycles. The summed E-state index contributed by atoms with van der Waals surface area (Å²) < 4.78 is 14.2. The maximum Gasteiger partial charge on any atom is 0.320 e. The van der Waals surface area contributed by atoms with Crippen molar-refractivity contribution in [2.45, 2.75) is 69.7 Å². The lowest BCUT2D eigenvalue weighted by atomic mass is 9.80. The van der Waals surface area contributed by atoms with E-state index in [0.29, 0.717) is 18.4 Å². The lowest BCUT2D eigenvalue weighted by molar-refractivity contribution is -0.144. The van der Waals surface area contributed by atoms with Gasteiger partial charge >= 0.3 is 5.97 Å². The number of rotatable bonds is 11. The van der Waals surface area contributed by atoms with Gasteiger partial charge in [-0.2, -0.15) is 0 Å². The highest BCUT2D eigenvalue weighted by Gasteiger charge is 2.41. The van der Waals surface area contributed by atoms with E-state index in [4.69, 9.17) is 6.42 Å². The number of terminal acetylenes is 1. The summed E-state index contributed by atoms with van der Waals surface area (Å²) in [5.41, 5.74) is 3.30.